The quantitative estimate of drug-likeness (QED) is 0.859. The molecule has 0 heterocycles. The number of anilines is 2. The molecule has 2 N–H and O–H groups in total. The van der Waals surface area contributed by atoms with Crippen LogP contribution in [0, 0.1) is 5.82 Å². The Morgan fingerprint density at radius 1 is 1.10 bits per heavy atom. The second-order valence-electron chi connectivity index (χ2n) is 5.23. The van der Waals surface area contributed by atoms with Crippen LogP contribution in [0.5, 0.6) is 0 Å². The molecule has 0 aliphatic carbocycles. The highest BCUT2D eigenvalue weighted by Crippen LogP contribution is 2.29. The minimum atomic E-state index is -0.214. The van der Waals surface area contributed by atoms with Crippen molar-refractivity contribution in [1.82, 2.24) is 0 Å². The van der Waals surface area contributed by atoms with Gasteiger partial charge in [0, 0.05) is 24.0 Å². The third-order valence-corrected chi connectivity index (χ3v) is 3.72. The first-order chi connectivity index (χ1) is 10.2. The van der Waals surface area contributed by atoms with E-state index in [1.54, 1.807) is 12.1 Å². The normalized spacial score (nSPS) is 12.2. The third kappa shape index (κ3) is 3.82. The van der Waals surface area contributed by atoms with E-state index < -0.39 is 0 Å². The van der Waals surface area contributed by atoms with E-state index in [1.165, 1.54) is 11.6 Å². The van der Waals surface area contributed by atoms with Crippen LogP contribution >= 0.6 is 0 Å². The molecule has 0 saturated heterocycles. The Hall–Kier alpha value is -1.87. The van der Waals surface area contributed by atoms with E-state index in [9.17, 15) is 4.39 Å². The minimum Gasteiger partial charge on any atom is -0.341 e. The number of para-hydroxylation sites is 1. The lowest BCUT2D eigenvalue weighted by molar-refractivity contribution is 0.627. The van der Waals surface area contributed by atoms with Gasteiger partial charge in [-0.25, -0.2) is 4.39 Å². The third-order valence-electron chi connectivity index (χ3n) is 3.72. The second-order valence-corrected chi connectivity index (χ2v) is 5.23. The molecule has 0 radical (unpaired) electrons. The largest absolute Gasteiger partial charge is 0.341 e. The summed E-state index contributed by atoms with van der Waals surface area (Å²) in [7, 11) is 0. The second kappa shape index (κ2) is 7.23. The van der Waals surface area contributed by atoms with Gasteiger partial charge in [0.15, 0.2) is 0 Å². The van der Waals surface area contributed by atoms with Crippen LogP contribution in [0.3, 0.4) is 0 Å². The van der Waals surface area contributed by atoms with Gasteiger partial charge >= 0.3 is 0 Å². The smallest absolute Gasteiger partial charge is 0.125 e. The zero-order chi connectivity index (χ0) is 15.2. The van der Waals surface area contributed by atoms with Crippen LogP contribution in [-0.2, 0) is 6.42 Å². The van der Waals surface area contributed by atoms with E-state index in [1.807, 2.05) is 18.2 Å². The zero-order valence-corrected chi connectivity index (χ0v) is 12.7. The predicted octanol–water partition coefficient (Wildman–Crippen LogP) is 4.26. The van der Waals surface area contributed by atoms with Gasteiger partial charge in [-0.3, -0.25) is 0 Å². The first kappa shape index (κ1) is 15.5. The number of hydrogen-bond donors (Lipinski definition) is 1. The Bertz CT molecular complexity index is 583. The number of nitrogens with zero attached hydrogens (tertiary/aromatic N) is 1. The Morgan fingerprint density at radius 2 is 1.86 bits per heavy atom. The molecular weight excluding hydrogens is 263 g/mol. The molecular formula is C18H23FN2. The predicted molar refractivity (Wildman–Crippen MR) is 87.5 cm³/mol. The zero-order valence-electron chi connectivity index (χ0n) is 12.7. The van der Waals surface area contributed by atoms with Crippen LogP contribution in [0.25, 0.3) is 0 Å². The monoisotopic (exact) mass is 286 g/mol. The fraction of sp³-hybridized carbons (Fsp3) is 0.333. The summed E-state index contributed by atoms with van der Waals surface area (Å²) >= 11 is 0. The van der Waals surface area contributed by atoms with Crippen molar-refractivity contribution in [2.45, 2.75) is 32.7 Å². The van der Waals surface area contributed by atoms with Gasteiger partial charge in [0.25, 0.3) is 0 Å². The Morgan fingerprint density at radius 3 is 2.52 bits per heavy atom. The van der Waals surface area contributed by atoms with Crippen molar-refractivity contribution in [2.75, 3.05) is 11.4 Å². The van der Waals surface area contributed by atoms with E-state index in [-0.39, 0.29) is 11.9 Å². The van der Waals surface area contributed by atoms with Crippen molar-refractivity contribution < 1.29 is 4.39 Å². The van der Waals surface area contributed by atoms with Crippen molar-refractivity contribution in [2.24, 2.45) is 5.73 Å². The maximum absolute atomic E-state index is 13.5. The maximum atomic E-state index is 13.5. The topological polar surface area (TPSA) is 29.3 Å². The van der Waals surface area contributed by atoms with E-state index in [4.69, 9.17) is 5.73 Å². The average molecular weight is 286 g/mol. The molecule has 0 spiro atoms. The fourth-order valence-corrected chi connectivity index (χ4v) is 2.51. The van der Waals surface area contributed by atoms with Crippen LogP contribution in [0.15, 0.2) is 48.5 Å². The number of rotatable bonds is 6. The fourth-order valence-electron chi connectivity index (χ4n) is 2.51. The van der Waals surface area contributed by atoms with Crippen LogP contribution in [0.1, 0.15) is 25.8 Å². The van der Waals surface area contributed by atoms with E-state index in [2.05, 4.69) is 30.9 Å². The van der Waals surface area contributed by atoms with Gasteiger partial charge in [-0.05, 0) is 49.6 Å². The Kier molecular flexibility index (Phi) is 5.34. The molecule has 21 heavy (non-hydrogen) atoms. The number of benzene rings is 2. The van der Waals surface area contributed by atoms with Gasteiger partial charge in [0.05, 0.1) is 0 Å². The molecule has 0 saturated carbocycles. The summed E-state index contributed by atoms with van der Waals surface area (Å²) in [6.07, 6.45) is 1.78. The summed E-state index contributed by atoms with van der Waals surface area (Å²) < 4.78 is 13.5. The first-order valence-electron chi connectivity index (χ1n) is 7.52. The van der Waals surface area contributed by atoms with Gasteiger partial charge < -0.3 is 10.6 Å². The van der Waals surface area contributed by atoms with Gasteiger partial charge in [0.1, 0.15) is 5.82 Å². The van der Waals surface area contributed by atoms with Crippen LogP contribution in [-0.4, -0.2) is 12.6 Å². The highest BCUT2D eigenvalue weighted by atomic mass is 19.1. The molecule has 0 fully saturated rings. The molecule has 0 aliphatic heterocycles. The molecule has 1 unspecified atom stereocenters. The molecule has 112 valence electrons. The summed E-state index contributed by atoms with van der Waals surface area (Å²) in [4.78, 5) is 2.13. The Balaban J connectivity index is 2.38. The standard InChI is InChI=1S/C18H23FN2/c1-3-16(20)12-14-8-5-6-11-18(14)21(4-2)17-10-7-9-15(19)13-17/h5-11,13,16H,3-4,12,20H2,1-2H3. The van der Waals surface area contributed by atoms with Crippen molar-refractivity contribution in [3.8, 4) is 0 Å². The van der Waals surface area contributed by atoms with Crippen LogP contribution in [0.4, 0.5) is 15.8 Å². The summed E-state index contributed by atoms with van der Waals surface area (Å²) in [5.41, 5.74) is 9.28. The van der Waals surface area contributed by atoms with Gasteiger partial charge in [-0.15, -0.1) is 0 Å². The summed E-state index contributed by atoms with van der Waals surface area (Å²) in [5, 5.41) is 0. The lowest BCUT2D eigenvalue weighted by Gasteiger charge is -2.26. The number of hydrogen-bond acceptors (Lipinski definition) is 2. The molecule has 2 aromatic rings. The summed E-state index contributed by atoms with van der Waals surface area (Å²) in [6, 6.07) is 15.1. The lowest BCUT2D eigenvalue weighted by Crippen LogP contribution is -2.24. The molecule has 0 amide bonds. The average Bonchev–Trinajstić information content (AvgIpc) is 2.49. The van der Waals surface area contributed by atoms with E-state index in [0.717, 1.165) is 30.8 Å². The molecule has 1 atom stereocenters. The highest BCUT2D eigenvalue weighted by molar-refractivity contribution is 5.66. The summed E-state index contributed by atoms with van der Waals surface area (Å²) in [6.45, 7) is 4.95. The molecule has 0 aromatic heterocycles. The summed E-state index contributed by atoms with van der Waals surface area (Å²) in [5.74, 6) is -0.214. The van der Waals surface area contributed by atoms with Crippen molar-refractivity contribution >= 4 is 11.4 Å². The molecule has 2 nitrogen and oxygen atoms in total. The maximum Gasteiger partial charge on any atom is 0.125 e. The van der Waals surface area contributed by atoms with Crippen molar-refractivity contribution in [3.05, 3.63) is 59.9 Å². The molecule has 0 bridgehead atoms. The van der Waals surface area contributed by atoms with Crippen LogP contribution < -0.4 is 10.6 Å². The van der Waals surface area contributed by atoms with Gasteiger partial charge in [-0.1, -0.05) is 31.2 Å². The van der Waals surface area contributed by atoms with E-state index >= 15 is 0 Å². The highest BCUT2D eigenvalue weighted by Gasteiger charge is 2.13. The molecule has 2 rings (SSSR count). The number of nitrogens with two attached hydrogens (primary N) is 1. The molecule has 0 aliphatic rings. The lowest BCUT2D eigenvalue weighted by atomic mass is 10.0. The van der Waals surface area contributed by atoms with Crippen molar-refractivity contribution in [3.63, 3.8) is 0 Å². The van der Waals surface area contributed by atoms with Crippen molar-refractivity contribution in [1.29, 1.82) is 0 Å². The SMILES string of the molecule is CCC(N)Cc1ccccc1N(CC)c1cccc(F)c1. The minimum absolute atomic E-state index is 0.150. The Labute approximate surface area is 126 Å². The number of halogens is 1. The first-order valence-corrected chi connectivity index (χ1v) is 7.52. The molecule has 2 aromatic carbocycles. The van der Waals surface area contributed by atoms with Crippen LogP contribution in [0.2, 0.25) is 0 Å². The molecule has 3 heteroatoms. The van der Waals surface area contributed by atoms with E-state index in [0.29, 0.717) is 0 Å². The van der Waals surface area contributed by atoms with Gasteiger partial charge in [-0.2, -0.15) is 0 Å². The van der Waals surface area contributed by atoms with Gasteiger partial charge in [0.2, 0.25) is 0 Å².